The van der Waals surface area contributed by atoms with E-state index in [9.17, 15) is 0 Å². The van der Waals surface area contributed by atoms with E-state index < -0.39 is 0 Å². The van der Waals surface area contributed by atoms with Crippen LogP contribution < -0.4 is 11.2 Å². The van der Waals surface area contributed by atoms with E-state index in [1.807, 2.05) is 6.08 Å². The Kier molecular flexibility index (Phi) is 1.32. The minimum absolute atomic E-state index is 0.565. The van der Waals surface area contributed by atoms with Crippen LogP contribution in [-0.4, -0.2) is 6.21 Å². The van der Waals surface area contributed by atoms with Crippen LogP contribution in [0.4, 0.5) is 0 Å². The molecule has 1 heterocycles. The minimum atomic E-state index is 0.565. The van der Waals surface area contributed by atoms with Crippen LogP contribution in [0.1, 0.15) is 0 Å². The lowest BCUT2D eigenvalue weighted by Gasteiger charge is -1.92. The number of nitrogens with zero attached hydrogens (tertiary/aromatic N) is 1. The molecule has 0 spiro atoms. The summed E-state index contributed by atoms with van der Waals surface area (Å²) in [6, 6.07) is 0. The van der Waals surface area contributed by atoms with Crippen molar-refractivity contribution in [3.05, 3.63) is 24.0 Å². The molecule has 1 aliphatic rings. The molecule has 0 saturated carbocycles. The summed E-state index contributed by atoms with van der Waals surface area (Å²) in [5.41, 5.74) is 7.91. The average Bonchev–Trinajstić information content (AvgIpc) is 1.94. The minimum Gasteiger partial charge on any atom is -0.384 e. The largest absolute Gasteiger partial charge is 0.384 e. The molecule has 42 valence electrons. The second-order valence-corrected chi connectivity index (χ2v) is 1.40. The molecule has 0 aromatic heterocycles. The van der Waals surface area contributed by atoms with E-state index in [-0.39, 0.29) is 0 Å². The molecule has 0 atom stereocenters. The van der Waals surface area contributed by atoms with Gasteiger partial charge in [-0.05, 0) is 12.2 Å². The number of nitrogens with two attached hydrogens (primary N) is 1. The van der Waals surface area contributed by atoms with Crippen LogP contribution in [0.5, 0.6) is 0 Å². The molecule has 1 aliphatic heterocycles. The summed E-state index contributed by atoms with van der Waals surface area (Å²) in [4.78, 5) is 0. The Morgan fingerprint density at radius 1 is 1.50 bits per heavy atom. The lowest BCUT2D eigenvalue weighted by atomic mass is 10.5. The first-order valence-electron chi connectivity index (χ1n) is 2.31. The zero-order chi connectivity index (χ0) is 5.82. The van der Waals surface area contributed by atoms with Crippen molar-refractivity contribution in [3.8, 4) is 0 Å². The highest BCUT2D eigenvalue weighted by Gasteiger charge is 1.81. The summed E-state index contributed by atoms with van der Waals surface area (Å²) < 4.78 is 0. The van der Waals surface area contributed by atoms with E-state index in [2.05, 4.69) is 10.5 Å². The summed E-state index contributed by atoms with van der Waals surface area (Å²) >= 11 is 0. The summed E-state index contributed by atoms with van der Waals surface area (Å²) in [7, 11) is 0. The van der Waals surface area contributed by atoms with Gasteiger partial charge in [0.1, 0.15) is 5.82 Å². The number of allylic oxidation sites excluding steroid dienone is 3. The maximum atomic E-state index is 5.32. The van der Waals surface area contributed by atoms with Gasteiger partial charge in [-0.2, -0.15) is 5.10 Å². The van der Waals surface area contributed by atoms with Gasteiger partial charge in [-0.25, -0.2) is 0 Å². The molecule has 8 heavy (non-hydrogen) atoms. The normalized spacial score (nSPS) is 16.8. The summed E-state index contributed by atoms with van der Waals surface area (Å²) in [6.07, 6.45) is 7.00. The number of rotatable bonds is 0. The van der Waals surface area contributed by atoms with Gasteiger partial charge in [0.05, 0.1) is 0 Å². The maximum Gasteiger partial charge on any atom is 0.117 e. The van der Waals surface area contributed by atoms with Gasteiger partial charge < -0.3 is 5.73 Å². The van der Waals surface area contributed by atoms with Gasteiger partial charge in [0.25, 0.3) is 0 Å². The summed E-state index contributed by atoms with van der Waals surface area (Å²) in [5.74, 6) is 0.565. The van der Waals surface area contributed by atoms with Gasteiger partial charge in [-0.3, -0.25) is 5.43 Å². The smallest absolute Gasteiger partial charge is 0.117 e. The van der Waals surface area contributed by atoms with Crippen LogP contribution in [0.25, 0.3) is 0 Å². The molecule has 0 unspecified atom stereocenters. The Hall–Kier alpha value is -1.25. The zero-order valence-electron chi connectivity index (χ0n) is 4.33. The van der Waals surface area contributed by atoms with Crippen molar-refractivity contribution in [3.63, 3.8) is 0 Å². The molecule has 1 rings (SSSR count). The molecular weight excluding hydrogens is 102 g/mol. The Morgan fingerprint density at radius 2 is 2.38 bits per heavy atom. The van der Waals surface area contributed by atoms with Gasteiger partial charge in [0.2, 0.25) is 0 Å². The van der Waals surface area contributed by atoms with Gasteiger partial charge in [-0.15, -0.1) is 0 Å². The lowest BCUT2D eigenvalue weighted by molar-refractivity contribution is 0.879. The topological polar surface area (TPSA) is 50.4 Å². The van der Waals surface area contributed by atoms with Gasteiger partial charge >= 0.3 is 0 Å². The van der Waals surface area contributed by atoms with Crippen LogP contribution in [-0.2, 0) is 0 Å². The third-order valence-electron chi connectivity index (χ3n) is 0.741. The van der Waals surface area contributed by atoms with Gasteiger partial charge in [0, 0.05) is 6.21 Å². The highest BCUT2D eigenvalue weighted by Crippen LogP contribution is 1.82. The Bertz CT molecular complexity index is 155. The quantitative estimate of drug-likeness (QED) is 0.457. The van der Waals surface area contributed by atoms with E-state index in [1.165, 1.54) is 0 Å². The van der Waals surface area contributed by atoms with Crippen LogP contribution in [0.15, 0.2) is 29.2 Å². The Labute approximate surface area is 47.6 Å². The van der Waals surface area contributed by atoms with Crippen molar-refractivity contribution < 1.29 is 0 Å². The summed E-state index contributed by atoms with van der Waals surface area (Å²) in [5, 5.41) is 3.70. The van der Waals surface area contributed by atoms with E-state index in [0.29, 0.717) is 5.82 Å². The van der Waals surface area contributed by atoms with E-state index in [0.717, 1.165) is 0 Å². The Balaban J connectivity index is 2.69. The molecule has 0 bridgehead atoms. The van der Waals surface area contributed by atoms with Crippen LogP contribution in [0.2, 0.25) is 0 Å². The van der Waals surface area contributed by atoms with Crippen molar-refractivity contribution in [2.45, 2.75) is 0 Å². The molecule has 0 aliphatic carbocycles. The summed E-state index contributed by atoms with van der Waals surface area (Å²) in [6.45, 7) is 0. The molecular formula is C5H7N3. The number of hydrazone groups is 1. The van der Waals surface area contributed by atoms with Crippen LogP contribution >= 0.6 is 0 Å². The molecule has 0 aromatic carbocycles. The highest BCUT2D eigenvalue weighted by atomic mass is 15.3. The molecule has 0 aromatic rings. The number of hydrogen-bond donors (Lipinski definition) is 2. The number of hydrogen-bond acceptors (Lipinski definition) is 3. The van der Waals surface area contributed by atoms with Crippen molar-refractivity contribution in [1.82, 2.24) is 5.43 Å². The number of nitrogens with one attached hydrogen (secondary N) is 1. The monoisotopic (exact) mass is 109 g/mol. The Morgan fingerprint density at radius 3 is 3.25 bits per heavy atom. The van der Waals surface area contributed by atoms with Gasteiger partial charge in [-0.1, -0.05) is 6.08 Å². The molecule has 3 heteroatoms. The standard InChI is InChI=1S/C5H7N3/c6-5-3-1-2-4-7-8-5/h1-4,8H,6H2. The predicted molar refractivity (Wildman–Crippen MR) is 33.0 cm³/mol. The fraction of sp³-hybridized carbons (Fsp3) is 0. The second kappa shape index (κ2) is 2.16. The first-order valence-corrected chi connectivity index (χ1v) is 2.31. The molecule has 3 nitrogen and oxygen atoms in total. The fourth-order valence-corrected chi connectivity index (χ4v) is 0.401. The van der Waals surface area contributed by atoms with E-state index in [4.69, 9.17) is 5.73 Å². The van der Waals surface area contributed by atoms with Crippen molar-refractivity contribution in [2.75, 3.05) is 0 Å². The average molecular weight is 109 g/mol. The van der Waals surface area contributed by atoms with Crippen LogP contribution in [0, 0.1) is 0 Å². The zero-order valence-corrected chi connectivity index (χ0v) is 4.33. The van der Waals surface area contributed by atoms with Crippen molar-refractivity contribution in [1.29, 1.82) is 0 Å². The molecule has 0 fully saturated rings. The third kappa shape index (κ3) is 1.11. The molecule has 0 saturated heterocycles. The third-order valence-corrected chi connectivity index (χ3v) is 0.741. The lowest BCUT2D eigenvalue weighted by Crippen LogP contribution is -2.12. The van der Waals surface area contributed by atoms with Crippen molar-refractivity contribution >= 4 is 6.21 Å². The van der Waals surface area contributed by atoms with Crippen LogP contribution in [0.3, 0.4) is 0 Å². The SMILES string of the molecule is NC1=CC=CC=NN1. The molecule has 0 amide bonds. The molecule has 0 radical (unpaired) electrons. The second-order valence-electron chi connectivity index (χ2n) is 1.40. The maximum absolute atomic E-state index is 5.32. The van der Waals surface area contributed by atoms with Crippen molar-refractivity contribution in [2.24, 2.45) is 10.8 Å². The van der Waals surface area contributed by atoms with E-state index >= 15 is 0 Å². The van der Waals surface area contributed by atoms with E-state index in [1.54, 1.807) is 18.4 Å². The fourth-order valence-electron chi connectivity index (χ4n) is 0.401. The predicted octanol–water partition coefficient (Wildman–Crippen LogP) is -0.0683. The first kappa shape index (κ1) is 4.90. The first-order chi connectivity index (χ1) is 3.89. The van der Waals surface area contributed by atoms with Gasteiger partial charge in [0.15, 0.2) is 0 Å². The molecule has 3 N–H and O–H groups in total. The highest BCUT2D eigenvalue weighted by molar-refractivity contribution is 5.71.